The SMILES string of the molecule is Cc1ccccc1S(=O)C1CCN(CCc2ccncc2)CC1.Cl.Cl. The van der Waals surface area contributed by atoms with Gasteiger partial charge < -0.3 is 4.90 Å². The van der Waals surface area contributed by atoms with E-state index in [2.05, 4.69) is 35.0 Å². The van der Waals surface area contributed by atoms with E-state index in [1.165, 1.54) is 5.56 Å². The molecule has 0 saturated carbocycles. The molecule has 0 bridgehead atoms. The van der Waals surface area contributed by atoms with Gasteiger partial charge >= 0.3 is 0 Å². The molecule has 1 aromatic carbocycles. The molecule has 6 heteroatoms. The third-order valence-corrected chi connectivity index (χ3v) is 6.58. The van der Waals surface area contributed by atoms with E-state index in [0.29, 0.717) is 5.25 Å². The fraction of sp³-hybridized carbons (Fsp3) is 0.421. The Morgan fingerprint density at radius 2 is 1.72 bits per heavy atom. The van der Waals surface area contributed by atoms with Crippen molar-refractivity contribution in [3.05, 3.63) is 59.9 Å². The third-order valence-electron chi connectivity index (χ3n) is 4.61. The number of hydrogen-bond donors (Lipinski definition) is 0. The van der Waals surface area contributed by atoms with Crippen LogP contribution < -0.4 is 0 Å². The van der Waals surface area contributed by atoms with Crippen LogP contribution in [0.3, 0.4) is 0 Å². The first kappa shape index (κ1) is 22.1. The Kier molecular flexibility index (Phi) is 9.65. The summed E-state index contributed by atoms with van der Waals surface area (Å²) in [5.74, 6) is 0. The smallest absolute Gasteiger partial charge is 0.0564 e. The van der Waals surface area contributed by atoms with Gasteiger partial charge in [-0.3, -0.25) is 9.19 Å². The lowest BCUT2D eigenvalue weighted by Crippen LogP contribution is -2.38. The van der Waals surface area contributed by atoms with E-state index in [1.807, 2.05) is 30.6 Å². The zero-order chi connectivity index (χ0) is 16.1. The Labute approximate surface area is 165 Å². The summed E-state index contributed by atoms with van der Waals surface area (Å²) in [5, 5.41) is 0.299. The molecule has 1 atom stereocenters. The van der Waals surface area contributed by atoms with Gasteiger partial charge in [0.2, 0.25) is 0 Å². The molecular weight excluding hydrogens is 375 g/mol. The van der Waals surface area contributed by atoms with Crippen molar-refractivity contribution in [1.29, 1.82) is 0 Å². The summed E-state index contributed by atoms with van der Waals surface area (Å²) in [6, 6.07) is 12.2. The van der Waals surface area contributed by atoms with Gasteiger partial charge in [0.1, 0.15) is 0 Å². The fourth-order valence-corrected chi connectivity index (χ4v) is 4.74. The monoisotopic (exact) mass is 400 g/mol. The highest BCUT2D eigenvalue weighted by molar-refractivity contribution is 7.85. The van der Waals surface area contributed by atoms with E-state index < -0.39 is 10.8 Å². The fourth-order valence-electron chi connectivity index (χ4n) is 3.15. The van der Waals surface area contributed by atoms with Gasteiger partial charge in [-0.05, 0) is 68.6 Å². The van der Waals surface area contributed by atoms with Crippen LogP contribution >= 0.6 is 24.8 Å². The minimum atomic E-state index is -0.871. The number of pyridine rings is 1. The van der Waals surface area contributed by atoms with Gasteiger partial charge in [-0.15, -0.1) is 24.8 Å². The Hall–Kier alpha value is -0.940. The molecule has 2 aromatic rings. The molecule has 1 aliphatic heterocycles. The van der Waals surface area contributed by atoms with Gasteiger partial charge in [0.25, 0.3) is 0 Å². The van der Waals surface area contributed by atoms with Crippen molar-refractivity contribution in [2.75, 3.05) is 19.6 Å². The molecular formula is C19H26Cl2N2OS. The zero-order valence-corrected chi connectivity index (χ0v) is 16.9. The van der Waals surface area contributed by atoms with Gasteiger partial charge in [0, 0.05) is 29.1 Å². The predicted molar refractivity (Wildman–Crippen MR) is 109 cm³/mol. The molecule has 1 fully saturated rings. The topological polar surface area (TPSA) is 33.2 Å². The summed E-state index contributed by atoms with van der Waals surface area (Å²) >= 11 is 0. The Balaban J connectivity index is 0.00000156. The maximum absolute atomic E-state index is 12.8. The average molecular weight is 401 g/mol. The molecule has 0 spiro atoms. The van der Waals surface area contributed by atoms with Crippen LogP contribution in [0, 0.1) is 6.92 Å². The summed E-state index contributed by atoms with van der Waals surface area (Å²) in [5.41, 5.74) is 2.48. The second kappa shape index (κ2) is 10.9. The molecule has 1 aliphatic rings. The Morgan fingerprint density at radius 1 is 1.08 bits per heavy atom. The number of nitrogens with zero attached hydrogens (tertiary/aromatic N) is 2. The van der Waals surface area contributed by atoms with Gasteiger partial charge in [0.05, 0.1) is 10.8 Å². The standard InChI is InChI=1S/C19H24N2OS.2ClH/c1-16-4-2-3-5-19(16)23(22)18-9-14-21(15-10-18)13-8-17-6-11-20-12-7-17;;/h2-7,11-12,18H,8-10,13-15H2,1H3;2*1H. The highest BCUT2D eigenvalue weighted by Gasteiger charge is 2.25. The quantitative estimate of drug-likeness (QED) is 0.758. The zero-order valence-electron chi connectivity index (χ0n) is 14.5. The second-order valence-corrected chi connectivity index (χ2v) is 7.91. The molecule has 3 nitrogen and oxygen atoms in total. The average Bonchev–Trinajstić information content (AvgIpc) is 2.61. The van der Waals surface area contributed by atoms with Crippen molar-refractivity contribution >= 4 is 35.6 Å². The van der Waals surface area contributed by atoms with E-state index in [9.17, 15) is 4.21 Å². The number of halogens is 2. The van der Waals surface area contributed by atoms with Gasteiger partial charge in [0.15, 0.2) is 0 Å². The van der Waals surface area contributed by atoms with Crippen LogP contribution in [0.1, 0.15) is 24.0 Å². The number of benzene rings is 1. The normalized spacial score (nSPS) is 16.5. The van der Waals surface area contributed by atoms with E-state index >= 15 is 0 Å². The maximum atomic E-state index is 12.8. The number of aromatic nitrogens is 1. The van der Waals surface area contributed by atoms with Crippen LogP contribution in [-0.2, 0) is 17.2 Å². The van der Waals surface area contributed by atoms with Crippen LogP contribution in [0.4, 0.5) is 0 Å². The minimum absolute atomic E-state index is 0. The van der Waals surface area contributed by atoms with Gasteiger partial charge in [-0.1, -0.05) is 18.2 Å². The first-order valence-electron chi connectivity index (χ1n) is 8.31. The summed E-state index contributed by atoms with van der Waals surface area (Å²) < 4.78 is 12.8. The molecule has 3 rings (SSSR count). The molecule has 0 radical (unpaired) electrons. The summed E-state index contributed by atoms with van der Waals surface area (Å²) in [6.45, 7) is 5.23. The first-order valence-corrected chi connectivity index (χ1v) is 9.53. The van der Waals surface area contributed by atoms with Crippen molar-refractivity contribution in [2.24, 2.45) is 0 Å². The minimum Gasteiger partial charge on any atom is -0.303 e. The van der Waals surface area contributed by atoms with E-state index in [0.717, 1.165) is 49.4 Å². The van der Waals surface area contributed by atoms with Crippen LogP contribution in [0.25, 0.3) is 0 Å². The molecule has 2 heterocycles. The molecule has 1 aromatic heterocycles. The van der Waals surface area contributed by atoms with Crippen molar-refractivity contribution in [2.45, 2.75) is 36.3 Å². The first-order chi connectivity index (χ1) is 11.2. The number of rotatable bonds is 5. The molecule has 0 amide bonds. The highest BCUT2D eigenvalue weighted by atomic mass is 35.5. The predicted octanol–water partition coefficient (Wildman–Crippen LogP) is 4.05. The highest BCUT2D eigenvalue weighted by Crippen LogP contribution is 2.23. The summed E-state index contributed by atoms with van der Waals surface area (Å²) in [4.78, 5) is 7.57. The van der Waals surface area contributed by atoms with Crippen LogP contribution in [0.15, 0.2) is 53.7 Å². The molecule has 1 saturated heterocycles. The number of piperidine rings is 1. The lowest BCUT2D eigenvalue weighted by Gasteiger charge is -2.31. The Morgan fingerprint density at radius 3 is 2.36 bits per heavy atom. The summed E-state index contributed by atoms with van der Waals surface area (Å²) in [7, 11) is -0.871. The number of hydrogen-bond acceptors (Lipinski definition) is 3. The number of aryl methyl sites for hydroxylation is 1. The van der Waals surface area contributed by atoms with Crippen LogP contribution in [-0.4, -0.2) is 39.0 Å². The second-order valence-electron chi connectivity index (χ2n) is 6.21. The Bertz CT molecular complexity index is 661. The molecule has 1 unspecified atom stereocenters. The van der Waals surface area contributed by atoms with Crippen molar-refractivity contribution in [3.63, 3.8) is 0 Å². The van der Waals surface area contributed by atoms with E-state index in [1.54, 1.807) is 0 Å². The van der Waals surface area contributed by atoms with Gasteiger partial charge in [-0.25, -0.2) is 0 Å². The van der Waals surface area contributed by atoms with E-state index in [4.69, 9.17) is 0 Å². The maximum Gasteiger partial charge on any atom is 0.0564 e. The molecule has 0 N–H and O–H groups in total. The third kappa shape index (κ3) is 6.07. The lowest BCUT2D eigenvalue weighted by atomic mass is 10.1. The van der Waals surface area contributed by atoms with Gasteiger partial charge in [-0.2, -0.15) is 0 Å². The van der Waals surface area contributed by atoms with E-state index in [-0.39, 0.29) is 24.8 Å². The molecule has 0 aliphatic carbocycles. The molecule has 138 valence electrons. The van der Waals surface area contributed by atoms with Crippen molar-refractivity contribution < 1.29 is 4.21 Å². The van der Waals surface area contributed by atoms with Crippen molar-refractivity contribution in [1.82, 2.24) is 9.88 Å². The van der Waals surface area contributed by atoms with Crippen molar-refractivity contribution in [3.8, 4) is 0 Å². The molecule has 25 heavy (non-hydrogen) atoms. The summed E-state index contributed by atoms with van der Waals surface area (Å²) in [6.07, 6.45) is 6.82. The van der Waals surface area contributed by atoms with Crippen LogP contribution in [0.5, 0.6) is 0 Å². The number of likely N-dealkylation sites (tertiary alicyclic amines) is 1. The lowest BCUT2D eigenvalue weighted by molar-refractivity contribution is 0.234. The van der Waals surface area contributed by atoms with Crippen LogP contribution in [0.2, 0.25) is 0 Å². The largest absolute Gasteiger partial charge is 0.303 e.